The molecule has 1 saturated heterocycles. The lowest BCUT2D eigenvalue weighted by molar-refractivity contribution is 0.527. The van der Waals surface area contributed by atoms with Gasteiger partial charge in [0, 0.05) is 13.6 Å². The summed E-state index contributed by atoms with van der Waals surface area (Å²) < 4.78 is 5.73. The second-order valence-electron chi connectivity index (χ2n) is 4.70. The lowest BCUT2D eigenvalue weighted by Gasteiger charge is -2.18. The van der Waals surface area contributed by atoms with Crippen molar-refractivity contribution < 1.29 is 4.42 Å². The molecule has 1 aromatic carbocycles. The normalized spacial score (nSPS) is 19.9. The number of oxazole rings is 1. The Morgan fingerprint density at radius 3 is 3.12 bits per heavy atom. The fourth-order valence-corrected chi connectivity index (χ4v) is 2.36. The third-order valence-electron chi connectivity index (χ3n) is 3.30. The second kappa shape index (κ2) is 4.37. The first-order valence-electron chi connectivity index (χ1n) is 6.10. The largest absolute Gasteiger partial charge is 0.423 e. The fourth-order valence-electron chi connectivity index (χ4n) is 2.36. The Morgan fingerprint density at radius 1 is 1.47 bits per heavy atom. The molecule has 1 fully saturated rings. The Balaban J connectivity index is 1.77. The summed E-state index contributed by atoms with van der Waals surface area (Å²) in [5.41, 5.74) is 1.79. The molecule has 0 saturated carbocycles. The number of para-hydroxylation sites is 2. The summed E-state index contributed by atoms with van der Waals surface area (Å²) in [4.78, 5) is 6.60. The summed E-state index contributed by atoms with van der Waals surface area (Å²) in [5, 5.41) is 3.38. The third-order valence-corrected chi connectivity index (χ3v) is 3.30. The van der Waals surface area contributed by atoms with E-state index in [1.54, 1.807) is 0 Å². The van der Waals surface area contributed by atoms with Gasteiger partial charge in [-0.3, -0.25) is 0 Å². The molecule has 1 N–H and O–H groups in total. The summed E-state index contributed by atoms with van der Waals surface area (Å²) in [5.74, 6) is 0.704. The van der Waals surface area contributed by atoms with Crippen LogP contribution < -0.4 is 10.2 Å². The molecule has 0 aliphatic carbocycles. The molecule has 1 aliphatic rings. The molecule has 0 bridgehead atoms. The first-order chi connectivity index (χ1) is 8.33. The third kappa shape index (κ3) is 2.13. The van der Waals surface area contributed by atoms with Crippen LogP contribution in [0.3, 0.4) is 0 Å². The van der Waals surface area contributed by atoms with Gasteiger partial charge in [-0.15, -0.1) is 0 Å². The summed E-state index contributed by atoms with van der Waals surface area (Å²) in [6.45, 7) is 3.23. The van der Waals surface area contributed by atoms with E-state index in [0.717, 1.165) is 36.7 Å². The minimum absolute atomic E-state index is 0.704. The Morgan fingerprint density at radius 2 is 2.35 bits per heavy atom. The highest BCUT2D eigenvalue weighted by atomic mass is 16.4. The van der Waals surface area contributed by atoms with Gasteiger partial charge in [-0.2, -0.15) is 4.98 Å². The standard InChI is InChI=1S/C13H17N3O/c1-16(9-10-6-7-14-8-10)13-15-11-4-2-3-5-12(11)17-13/h2-5,10,14H,6-9H2,1H3/t10-/m1/s1. The number of fused-ring (bicyclic) bond motifs is 1. The van der Waals surface area contributed by atoms with E-state index in [1.165, 1.54) is 6.42 Å². The molecule has 0 unspecified atom stereocenters. The number of hydrogen-bond donors (Lipinski definition) is 1. The average Bonchev–Trinajstić information content (AvgIpc) is 2.96. The number of nitrogens with zero attached hydrogens (tertiary/aromatic N) is 2. The van der Waals surface area contributed by atoms with Crippen molar-refractivity contribution in [3.63, 3.8) is 0 Å². The van der Waals surface area contributed by atoms with Crippen molar-refractivity contribution in [2.24, 2.45) is 5.92 Å². The van der Waals surface area contributed by atoms with Gasteiger partial charge in [-0.25, -0.2) is 0 Å². The lowest BCUT2D eigenvalue weighted by atomic mass is 10.1. The van der Waals surface area contributed by atoms with E-state index >= 15 is 0 Å². The van der Waals surface area contributed by atoms with Gasteiger partial charge < -0.3 is 14.6 Å². The molecule has 2 aromatic rings. The zero-order valence-electron chi connectivity index (χ0n) is 10.0. The molecule has 0 radical (unpaired) electrons. The molecule has 1 atom stereocenters. The van der Waals surface area contributed by atoms with E-state index < -0.39 is 0 Å². The molecule has 3 rings (SSSR count). The van der Waals surface area contributed by atoms with Crippen LogP contribution in [0.5, 0.6) is 0 Å². The number of aromatic nitrogens is 1. The van der Waals surface area contributed by atoms with Gasteiger partial charge in [0.05, 0.1) is 0 Å². The highest BCUT2D eigenvalue weighted by Gasteiger charge is 2.18. The van der Waals surface area contributed by atoms with E-state index in [9.17, 15) is 0 Å². The highest BCUT2D eigenvalue weighted by molar-refractivity contribution is 5.74. The van der Waals surface area contributed by atoms with Crippen molar-refractivity contribution in [3.05, 3.63) is 24.3 Å². The van der Waals surface area contributed by atoms with E-state index in [2.05, 4.69) is 15.2 Å². The molecule has 4 nitrogen and oxygen atoms in total. The van der Waals surface area contributed by atoms with Crippen LogP contribution in [0.4, 0.5) is 6.01 Å². The Kier molecular flexibility index (Phi) is 2.73. The van der Waals surface area contributed by atoms with Crippen LogP contribution in [0.15, 0.2) is 28.7 Å². The zero-order chi connectivity index (χ0) is 11.7. The summed E-state index contributed by atoms with van der Waals surface area (Å²) in [7, 11) is 2.04. The van der Waals surface area contributed by atoms with Crippen molar-refractivity contribution in [3.8, 4) is 0 Å². The van der Waals surface area contributed by atoms with Crippen LogP contribution in [0.2, 0.25) is 0 Å². The number of anilines is 1. The van der Waals surface area contributed by atoms with E-state index in [4.69, 9.17) is 4.42 Å². The molecule has 2 heterocycles. The SMILES string of the molecule is CN(C[C@@H]1CCNC1)c1nc2ccccc2o1. The van der Waals surface area contributed by atoms with Gasteiger partial charge in [0.1, 0.15) is 5.52 Å². The van der Waals surface area contributed by atoms with Crippen LogP contribution in [-0.2, 0) is 0 Å². The fraction of sp³-hybridized carbons (Fsp3) is 0.462. The monoisotopic (exact) mass is 231 g/mol. The molecular formula is C13H17N3O. The van der Waals surface area contributed by atoms with Gasteiger partial charge in [0.15, 0.2) is 5.58 Å². The minimum atomic E-state index is 0.704. The molecule has 1 aliphatic heterocycles. The topological polar surface area (TPSA) is 41.3 Å². The quantitative estimate of drug-likeness (QED) is 0.875. The highest BCUT2D eigenvalue weighted by Crippen LogP contribution is 2.22. The van der Waals surface area contributed by atoms with E-state index in [-0.39, 0.29) is 0 Å². The molecule has 0 amide bonds. The molecule has 90 valence electrons. The van der Waals surface area contributed by atoms with Crippen LogP contribution in [0.1, 0.15) is 6.42 Å². The maximum Gasteiger partial charge on any atom is 0.298 e. The maximum absolute atomic E-state index is 5.73. The molecular weight excluding hydrogens is 214 g/mol. The first kappa shape index (κ1) is 10.6. The smallest absolute Gasteiger partial charge is 0.298 e. The predicted molar refractivity (Wildman–Crippen MR) is 68.3 cm³/mol. The molecule has 0 spiro atoms. The van der Waals surface area contributed by atoms with Crippen molar-refractivity contribution in [1.29, 1.82) is 0 Å². The van der Waals surface area contributed by atoms with Gasteiger partial charge >= 0.3 is 0 Å². The Labute approximate surface area is 101 Å². The summed E-state index contributed by atoms with van der Waals surface area (Å²) >= 11 is 0. The molecule has 1 aromatic heterocycles. The first-order valence-corrected chi connectivity index (χ1v) is 6.10. The van der Waals surface area contributed by atoms with Crippen LogP contribution in [0.25, 0.3) is 11.1 Å². The Hall–Kier alpha value is -1.55. The van der Waals surface area contributed by atoms with Crippen LogP contribution in [0, 0.1) is 5.92 Å². The van der Waals surface area contributed by atoms with Crippen molar-refractivity contribution in [2.75, 3.05) is 31.6 Å². The molecule has 4 heteroatoms. The minimum Gasteiger partial charge on any atom is -0.423 e. The summed E-state index contributed by atoms with van der Waals surface area (Å²) in [6.07, 6.45) is 1.24. The average molecular weight is 231 g/mol. The maximum atomic E-state index is 5.73. The lowest BCUT2D eigenvalue weighted by Crippen LogP contribution is -2.26. The van der Waals surface area contributed by atoms with Crippen molar-refractivity contribution in [2.45, 2.75) is 6.42 Å². The number of hydrogen-bond acceptors (Lipinski definition) is 4. The van der Waals surface area contributed by atoms with E-state index in [1.807, 2.05) is 31.3 Å². The van der Waals surface area contributed by atoms with Crippen molar-refractivity contribution in [1.82, 2.24) is 10.3 Å². The number of rotatable bonds is 3. The molecule has 17 heavy (non-hydrogen) atoms. The van der Waals surface area contributed by atoms with Gasteiger partial charge in [0.25, 0.3) is 6.01 Å². The summed E-state index contributed by atoms with van der Waals surface area (Å²) in [6, 6.07) is 8.61. The number of benzene rings is 1. The van der Waals surface area contributed by atoms with Gasteiger partial charge in [0.2, 0.25) is 0 Å². The number of nitrogens with one attached hydrogen (secondary N) is 1. The van der Waals surface area contributed by atoms with E-state index in [0.29, 0.717) is 5.92 Å². The zero-order valence-corrected chi connectivity index (χ0v) is 10.0. The van der Waals surface area contributed by atoms with Gasteiger partial charge in [-0.1, -0.05) is 12.1 Å². The second-order valence-corrected chi connectivity index (χ2v) is 4.70. The van der Waals surface area contributed by atoms with Crippen LogP contribution in [-0.4, -0.2) is 31.7 Å². The van der Waals surface area contributed by atoms with Crippen LogP contribution >= 0.6 is 0 Å². The van der Waals surface area contributed by atoms with Crippen molar-refractivity contribution >= 4 is 17.1 Å². The Bertz CT molecular complexity index is 469. The predicted octanol–water partition coefficient (Wildman–Crippen LogP) is 1.87. The van der Waals surface area contributed by atoms with Gasteiger partial charge in [-0.05, 0) is 37.6 Å².